The van der Waals surface area contributed by atoms with Gasteiger partial charge in [0.25, 0.3) is 0 Å². The Morgan fingerprint density at radius 3 is 1.98 bits per heavy atom. The van der Waals surface area contributed by atoms with Gasteiger partial charge in [0.2, 0.25) is 11.8 Å². The summed E-state index contributed by atoms with van der Waals surface area (Å²) in [6, 6.07) is 21.2. The van der Waals surface area contributed by atoms with Gasteiger partial charge < -0.3 is 27.1 Å². The maximum absolute atomic E-state index is 14.5. The van der Waals surface area contributed by atoms with Gasteiger partial charge in [-0.05, 0) is 68.0 Å². The first-order chi connectivity index (χ1) is 26.0. The molecule has 0 radical (unpaired) electrons. The van der Waals surface area contributed by atoms with Crippen LogP contribution in [0.1, 0.15) is 83.5 Å². The molecule has 294 valence electrons. The van der Waals surface area contributed by atoms with E-state index in [1.807, 2.05) is 93.6 Å². The first kappa shape index (κ1) is 42.7. The predicted molar refractivity (Wildman–Crippen MR) is 216 cm³/mol. The third kappa shape index (κ3) is 13.1. The topological polar surface area (TPSA) is 190 Å². The number of unbranched alkanes of at least 4 members (excludes halogenated alkanes) is 1. The predicted octanol–water partition coefficient (Wildman–Crippen LogP) is 5.19. The second-order valence-corrected chi connectivity index (χ2v) is 16.3. The SMILES string of the molecule is CC(C)(C)C(=O)[C@H](CCCCN)CC(=O)[C@@H](Cc1ccccc1)NC(=O)[C@H](CC(=O)[C@H](Cc1cnc[nH]1)NC(=O)C(C)(C)N)Cc1ccc2ccccc2c1. The van der Waals surface area contributed by atoms with Crippen molar-refractivity contribution >= 4 is 39.9 Å². The van der Waals surface area contributed by atoms with Crippen molar-refractivity contribution in [1.82, 2.24) is 20.6 Å². The number of aromatic amines is 1. The summed E-state index contributed by atoms with van der Waals surface area (Å²) >= 11 is 0. The van der Waals surface area contributed by atoms with Crippen molar-refractivity contribution in [3.63, 3.8) is 0 Å². The molecule has 4 rings (SSSR count). The average Bonchev–Trinajstić information content (AvgIpc) is 3.66. The Kier molecular flexibility index (Phi) is 15.2. The van der Waals surface area contributed by atoms with Crippen molar-refractivity contribution in [1.29, 1.82) is 0 Å². The summed E-state index contributed by atoms with van der Waals surface area (Å²) in [7, 11) is 0. The Morgan fingerprint density at radius 2 is 1.36 bits per heavy atom. The van der Waals surface area contributed by atoms with Crippen molar-refractivity contribution in [3.05, 3.63) is 102 Å². The number of imidazole rings is 1. The zero-order valence-corrected chi connectivity index (χ0v) is 32.9. The van der Waals surface area contributed by atoms with E-state index in [1.54, 1.807) is 20.0 Å². The lowest BCUT2D eigenvalue weighted by Gasteiger charge is -2.28. The fourth-order valence-electron chi connectivity index (χ4n) is 6.74. The Hall–Kier alpha value is -5.00. The first-order valence-electron chi connectivity index (χ1n) is 19.2. The summed E-state index contributed by atoms with van der Waals surface area (Å²) in [4.78, 5) is 76.7. The van der Waals surface area contributed by atoms with E-state index in [-0.39, 0.29) is 49.5 Å². The standard InChI is InChI=1S/C44H58N6O5/c1-43(2,3)40(53)33(17-11-12-20-45)24-38(51)36(23-29-13-7-6-8-14-29)49-41(54)34(22-30-18-19-31-15-9-10-16-32(31)21-30)25-39(52)37(26-35-27-47-28-48-35)50-42(55)44(4,5)46/h6-10,13-16,18-19,21,27-28,33-34,36-37H,11-12,17,20,22-26,45-46H2,1-5H3,(H,47,48)(H,49,54)(H,50,55)/t33-,34+,36-,37+/m1/s1. The molecule has 55 heavy (non-hydrogen) atoms. The summed E-state index contributed by atoms with van der Waals surface area (Å²) in [6.07, 6.45) is 5.31. The van der Waals surface area contributed by atoms with Gasteiger partial charge in [-0.1, -0.05) is 100.0 Å². The molecule has 1 heterocycles. The number of carbonyl (C=O) groups excluding carboxylic acids is 5. The zero-order chi connectivity index (χ0) is 40.2. The van der Waals surface area contributed by atoms with Gasteiger partial charge in [-0.25, -0.2) is 4.98 Å². The molecular formula is C44H58N6O5. The number of nitrogens with two attached hydrogens (primary N) is 2. The molecule has 2 amide bonds. The molecule has 1 aromatic heterocycles. The number of nitrogens with zero attached hydrogens (tertiary/aromatic N) is 1. The Labute approximate surface area is 324 Å². The van der Waals surface area contributed by atoms with Crippen LogP contribution in [-0.2, 0) is 43.2 Å². The van der Waals surface area contributed by atoms with Crippen LogP contribution in [0.2, 0.25) is 0 Å². The van der Waals surface area contributed by atoms with E-state index in [2.05, 4.69) is 20.6 Å². The molecular weight excluding hydrogens is 693 g/mol. The van der Waals surface area contributed by atoms with Gasteiger partial charge in [0.15, 0.2) is 11.6 Å². The minimum absolute atomic E-state index is 0.00607. The van der Waals surface area contributed by atoms with Crippen molar-refractivity contribution < 1.29 is 24.0 Å². The molecule has 0 unspecified atom stereocenters. The molecule has 11 nitrogen and oxygen atoms in total. The normalized spacial score (nSPS) is 14.1. The highest BCUT2D eigenvalue weighted by atomic mass is 16.2. The van der Waals surface area contributed by atoms with Gasteiger partial charge in [-0.3, -0.25) is 24.0 Å². The molecule has 0 saturated carbocycles. The third-order valence-corrected chi connectivity index (χ3v) is 9.92. The molecule has 0 aliphatic carbocycles. The molecule has 0 aliphatic rings. The maximum atomic E-state index is 14.5. The summed E-state index contributed by atoms with van der Waals surface area (Å²) in [6.45, 7) is 9.15. The molecule has 0 fully saturated rings. The summed E-state index contributed by atoms with van der Waals surface area (Å²) in [5.41, 5.74) is 12.2. The van der Waals surface area contributed by atoms with Gasteiger partial charge in [0.05, 0.1) is 23.9 Å². The highest BCUT2D eigenvalue weighted by Gasteiger charge is 2.35. The first-order valence-corrected chi connectivity index (χ1v) is 19.2. The van der Waals surface area contributed by atoms with E-state index < -0.39 is 46.7 Å². The van der Waals surface area contributed by atoms with Crippen LogP contribution in [-0.4, -0.2) is 63.3 Å². The summed E-state index contributed by atoms with van der Waals surface area (Å²) in [5.74, 6) is -3.03. The number of H-pyrrole nitrogens is 1. The number of rotatable bonds is 21. The van der Waals surface area contributed by atoms with Crippen molar-refractivity contribution in [2.24, 2.45) is 28.7 Å². The molecule has 3 aromatic carbocycles. The van der Waals surface area contributed by atoms with Gasteiger partial charge in [0, 0.05) is 48.4 Å². The number of hydrogen-bond donors (Lipinski definition) is 5. The largest absolute Gasteiger partial charge is 0.348 e. The monoisotopic (exact) mass is 750 g/mol. The number of amides is 2. The smallest absolute Gasteiger partial charge is 0.240 e. The Balaban J connectivity index is 1.67. The van der Waals surface area contributed by atoms with E-state index in [4.69, 9.17) is 11.5 Å². The quantitative estimate of drug-likeness (QED) is 0.0719. The average molecular weight is 751 g/mol. The van der Waals surface area contributed by atoms with Crippen LogP contribution in [0.25, 0.3) is 10.8 Å². The van der Waals surface area contributed by atoms with E-state index in [0.717, 1.165) is 28.3 Å². The fourth-order valence-corrected chi connectivity index (χ4v) is 6.74. The van der Waals surface area contributed by atoms with Gasteiger partial charge in [-0.2, -0.15) is 0 Å². The molecule has 4 atom stereocenters. The van der Waals surface area contributed by atoms with Crippen LogP contribution in [0.15, 0.2) is 85.3 Å². The minimum atomic E-state index is -1.25. The molecule has 0 saturated heterocycles. The van der Waals surface area contributed by atoms with Crippen LogP contribution in [0.3, 0.4) is 0 Å². The van der Waals surface area contributed by atoms with Crippen LogP contribution >= 0.6 is 0 Å². The molecule has 11 heteroatoms. The lowest BCUT2D eigenvalue weighted by Crippen LogP contribution is -2.55. The van der Waals surface area contributed by atoms with Crippen LogP contribution < -0.4 is 22.1 Å². The van der Waals surface area contributed by atoms with Crippen LogP contribution in [0.4, 0.5) is 0 Å². The molecule has 4 aromatic rings. The van der Waals surface area contributed by atoms with Crippen LogP contribution in [0, 0.1) is 17.3 Å². The Bertz CT molecular complexity index is 1890. The third-order valence-electron chi connectivity index (χ3n) is 9.92. The highest BCUT2D eigenvalue weighted by Crippen LogP contribution is 2.28. The molecule has 0 bridgehead atoms. The number of carbonyl (C=O) groups is 5. The lowest BCUT2D eigenvalue weighted by molar-refractivity contribution is -0.136. The number of aromatic nitrogens is 2. The number of hydrogen-bond acceptors (Lipinski definition) is 8. The number of nitrogens with one attached hydrogen (secondary N) is 3. The number of benzene rings is 3. The van der Waals surface area contributed by atoms with Gasteiger partial charge in [-0.15, -0.1) is 0 Å². The highest BCUT2D eigenvalue weighted by molar-refractivity contribution is 5.97. The second-order valence-electron chi connectivity index (χ2n) is 16.3. The number of fused-ring (bicyclic) bond motifs is 1. The second kappa shape index (κ2) is 19.5. The van der Waals surface area contributed by atoms with Crippen molar-refractivity contribution in [3.8, 4) is 0 Å². The van der Waals surface area contributed by atoms with Crippen molar-refractivity contribution in [2.45, 2.75) is 104 Å². The van der Waals surface area contributed by atoms with Gasteiger partial charge in [0.1, 0.15) is 5.78 Å². The fraction of sp³-hybridized carbons (Fsp3) is 0.455. The number of Topliss-reactive ketones (excluding diaryl/α,β-unsaturated/α-hetero) is 3. The van der Waals surface area contributed by atoms with E-state index in [1.165, 1.54) is 6.33 Å². The van der Waals surface area contributed by atoms with E-state index in [9.17, 15) is 24.0 Å². The summed E-state index contributed by atoms with van der Waals surface area (Å²) in [5, 5.41) is 7.85. The Morgan fingerprint density at radius 1 is 0.727 bits per heavy atom. The minimum Gasteiger partial charge on any atom is -0.348 e. The van der Waals surface area contributed by atoms with Crippen LogP contribution in [0.5, 0.6) is 0 Å². The van der Waals surface area contributed by atoms with E-state index in [0.29, 0.717) is 25.1 Å². The summed E-state index contributed by atoms with van der Waals surface area (Å²) < 4.78 is 0. The lowest BCUT2D eigenvalue weighted by atomic mass is 9.78. The van der Waals surface area contributed by atoms with E-state index >= 15 is 0 Å². The number of ketones is 3. The van der Waals surface area contributed by atoms with Crippen molar-refractivity contribution in [2.75, 3.05) is 6.54 Å². The molecule has 0 spiro atoms. The zero-order valence-electron chi connectivity index (χ0n) is 32.9. The molecule has 7 N–H and O–H groups in total. The van der Waals surface area contributed by atoms with Gasteiger partial charge >= 0.3 is 0 Å². The molecule has 0 aliphatic heterocycles. The maximum Gasteiger partial charge on any atom is 0.240 e.